The van der Waals surface area contributed by atoms with Gasteiger partial charge in [0.15, 0.2) is 0 Å². The topological polar surface area (TPSA) is 24.5 Å². The lowest BCUT2D eigenvalue weighted by Crippen LogP contribution is -2.58. The van der Waals surface area contributed by atoms with Crippen molar-refractivity contribution in [3.63, 3.8) is 0 Å². The molecule has 2 rings (SSSR count). The first-order chi connectivity index (χ1) is 8.70. The highest BCUT2D eigenvalue weighted by molar-refractivity contribution is 4.87. The molecule has 0 aromatic heterocycles. The molecule has 3 heteroatoms. The molecule has 2 aliphatic heterocycles. The molecule has 4 unspecified atom stereocenters. The van der Waals surface area contributed by atoms with Gasteiger partial charge in [-0.05, 0) is 32.1 Å². The number of nitrogens with zero attached hydrogens (tertiary/aromatic N) is 1. The lowest BCUT2D eigenvalue weighted by Gasteiger charge is -2.42. The van der Waals surface area contributed by atoms with Gasteiger partial charge >= 0.3 is 0 Å². The fraction of sp³-hybridized carbons (Fsp3) is 1.00. The van der Waals surface area contributed by atoms with Crippen molar-refractivity contribution in [2.24, 2.45) is 5.92 Å². The number of nitrogens with one attached hydrogen (secondary N) is 1. The first-order valence-corrected chi connectivity index (χ1v) is 7.79. The van der Waals surface area contributed by atoms with Crippen molar-refractivity contribution in [1.82, 2.24) is 10.2 Å². The Morgan fingerprint density at radius 2 is 2.22 bits per heavy atom. The summed E-state index contributed by atoms with van der Waals surface area (Å²) in [4.78, 5) is 2.64. The quantitative estimate of drug-likeness (QED) is 0.833. The van der Waals surface area contributed by atoms with E-state index in [2.05, 4.69) is 31.0 Å². The summed E-state index contributed by atoms with van der Waals surface area (Å²) < 4.78 is 5.89. The van der Waals surface area contributed by atoms with Crippen LogP contribution >= 0.6 is 0 Å². The van der Waals surface area contributed by atoms with E-state index >= 15 is 0 Å². The predicted molar refractivity (Wildman–Crippen MR) is 75.9 cm³/mol. The van der Waals surface area contributed by atoms with Crippen LogP contribution in [0.1, 0.15) is 46.5 Å². The average Bonchev–Trinajstić information content (AvgIpc) is 2.41. The van der Waals surface area contributed by atoms with Gasteiger partial charge in [-0.3, -0.25) is 4.90 Å². The van der Waals surface area contributed by atoms with Crippen molar-refractivity contribution in [3.05, 3.63) is 0 Å². The third kappa shape index (κ3) is 3.69. The number of ether oxygens (including phenoxy) is 1. The minimum Gasteiger partial charge on any atom is -0.377 e. The smallest absolute Gasteiger partial charge is 0.0702 e. The summed E-state index contributed by atoms with van der Waals surface area (Å²) in [5.41, 5.74) is 0. The zero-order chi connectivity index (χ0) is 13.0. The fourth-order valence-corrected chi connectivity index (χ4v) is 3.08. The Bertz CT molecular complexity index is 239. The number of piperazine rings is 1. The summed E-state index contributed by atoms with van der Waals surface area (Å²) in [5.74, 6) is 0.771. The van der Waals surface area contributed by atoms with E-state index in [0.717, 1.165) is 25.6 Å². The second kappa shape index (κ2) is 6.88. The van der Waals surface area contributed by atoms with Gasteiger partial charge in [0.05, 0.1) is 6.10 Å². The van der Waals surface area contributed by atoms with Crippen molar-refractivity contribution in [3.8, 4) is 0 Å². The molecule has 1 N–H and O–H groups in total. The molecule has 0 bridgehead atoms. The van der Waals surface area contributed by atoms with Crippen molar-refractivity contribution in [2.75, 3.05) is 26.2 Å². The number of hydrogen-bond donors (Lipinski definition) is 1. The normalized spacial score (nSPS) is 36.5. The van der Waals surface area contributed by atoms with Gasteiger partial charge in [0.2, 0.25) is 0 Å². The van der Waals surface area contributed by atoms with Crippen LogP contribution in [0.3, 0.4) is 0 Å². The predicted octanol–water partition coefficient (Wildman–Crippen LogP) is 2.26. The summed E-state index contributed by atoms with van der Waals surface area (Å²) in [6.45, 7) is 11.4. The molecule has 0 amide bonds. The van der Waals surface area contributed by atoms with Gasteiger partial charge in [-0.1, -0.05) is 20.3 Å². The third-order valence-electron chi connectivity index (χ3n) is 4.77. The third-order valence-corrected chi connectivity index (χ3v) is 4.77. The van der Waals surface area contributed by atoms with Crippen LogP contribution in [0, 0.1) is 5.92 Å². The first kappa shape index (κ1) is 14.3. The molecule has 3 nitrogen and oxygen atoms in total. The van der Waals surface area contributed by atoms with Gasteiger partial charge in [0.1, 0.15) is 0 Å². The first-order valence-electron chi connectivity index (χ1n) is 7.79. The Morgan fingerprint density at radius 3 is 2.89 bits per heavy atom. The molecule has 2 aliphatic rings. The van der Waals surface area contributed by atoms with Crippen molar-refractivity contribution < 1.29 is 4.74 Å². The lowest BCUT2D eigenvalue weighted by atomic mass is 9.95. The maximum absolute atomic E-state index is 5.89. The van der Waals surface area contributed by atoms with Crippen LogP contribution in [0.2, 0.25) is 0 Å². The molecule has 2 heterocycles. The van der Waals surface area contributed by atoms with E-state index in [0.29, 0.717) is 18.2 Å². The van der Waals surface area contributed by atoms with Crippen LogP contribution in [-0.4, -0.2) is 49.3 Å². The van der Waals surface area contributed by atoms with E-state index in [-0.39, 0.29) is 0 Å². The van der Waals surface area contributed by atoms with E-state index in [4.69, 9.17) is 4.74 Å². The second-order valence-corrected chi connectivity index (χ2v) is 6.19. The van der Waals surface area contributed by atoms with Gasteiger partial charge in [-0.25, -0.2) is 0 Å². The van der Waals surface area contributed by atoms with Crippen LogP contribution in [0.5, 0.6) is 0 Å². The van der Waals surface area contributed by atoms with Crippen LogP contribution in [-0.2, 0) is 4.74 Å². The maximum atomic E-state index is 5.89. The molecule has 0 aromatic carbocycles. The minimum absolute atomic E-state index is 0.483. The van der Waals surface area contributed by atoms with Crippen LogP contribution < -0.4 is 5.32 Å². The molecule has 2 fully saturated rings. The van der Waals surface area contributed by atoms with E-state index in [1.165, 1.54) is 32.2 Å². The van der Waals surface area contributed by atoms with E-state index < -0.39 is 0 Å². The Balaban J connectivity index is 1.84. The molecule has 0 aromatic rings. The van der Waals surface area contributed by atoms with Gasteiger partial charge in [-0.2, -0.15) is 0 Å². The summed E-state index contributed by atoms with van der Waals surface area (Å²) in [6.07, 6.45) is 5.60. The zero-order valence-corrected chi connectivity index (χ0v) is 12.3. The van der Waals surface area contributed by atoms with E-state index in [1.807, 2.05) is 0 Å². The van der Waals surface area contributed by atoms with Crippen molar-refractivity contribution in [2.45, 2.75) is 64.6 Å². The Morgan fingerprint density at radius 1 is 1.39 bits per heavy atom. The van der Waals surface area contributed by atoms with Crippen molar-refractivity contribution in [1.29, 1.82) is 0 Å². The molecule has 4 atom stereocenters. The largest absolute Gasteiger partial charge is 0.377 e. The highest BCUT2D eigenvalue weighted by Gasteiger charge is 2.29. The van der Waals surface area contributed by atoms with Crippen LogP contribution in [0.4, 0.5) is 0 Å². The second-order valence-electron chi connectivity index (χ2n) is 6.19. The number of rotatable bonds is 4. The molecular formula is C15H30N2O. The Labute approximate surface area is 112 Å². The molecule has 18 heavy (non-hydrogen) atoms. The standard InChI is InChI=1S/C15H30N2O/c1-4-12(2)15-11-17(13(3)9-16-15)10-14-7-5-6-8-18-14/h12-16H,4-11H2,1-3H3. The van der Waals surface area contributed by atoms with E-state index in [1.54, 1.807) is 0 Å². The maximum Gasteiger partial charge on any atom is 0.0702 e. The highest BCUT2D eigenvalue weighted by atomic mass is 16.5. The molecule has 106 valence electrons. The molecule has 0 spiro atoms. The van der Waals surface area contributed by atoms with Gasteiger partial charge in [-0.15, -0.1) is 0 Å². The minimum atomic E-state index is 0.483. The number of hydrogen-bond acceptors (Lipinski definition) is 3. The van der Waals surface area contributed by atoms with Gasteiger partial charge in [0, 0.05) is 38.3 Å². The summed E-state index contributed by atoms with van der Waals surface area (Å²) in [7, 11) is 0. The van der Waals surface area contributed by atoms with Gasteiger partial charge < -0.3 is 10.1 Å². The molecule has 2 saturated heterocycles. The van der Waals surface area contributed by atoms with E-state index in [9.17, 15) is 0 Å². The molecule has 0 aliphatic carbocycles. The zero-order valence-electron chi connectivity index (χ0n) is 12.3. The molecule has 0 radical (unpaired) electrons. The molecule has 0 saturated carbocycles. The lowest BCUT2D eigenvalue weighted by molar-refractivity contribution is -0.0215. The van der Waals surface area contributed by atoms with Crippen LogP contribution in [0.25, 0.3) is 0 Å². The Kier molecular flexibility index (Phi) is 5.46. The average molecular weight is 254 g/mol. The van der Waals surface area contributed by atoms with Crippen LogP contribution in [0.15, 0.2) is 0 Å². The monoisotopic (exact) mass is 254 g/mol. The summed E-state index contributed by atoms with van der Waals surface area (Å²) in [6, 6.07) is 1.31. The van der Waals surface area contributed by atoms with Crippen molar-refractivity contribution >= 4 is 0 Å². The fourth-order valence-electron chi connectivity index (χ4n) is 3.08. The molecular weight excluding hydrogens is 224 g/mol. The summed E-state index contributed by atoms with van der Waals surface area (Å²) >= 11 is 0. The SMILES string of the molecule is CCC(C)C1CN(CC2CCCCO2)C(C)CN1. The summed E-state index contributed by atoms with van der Waals surface area (Å²) in [5, 5.41) is 3.70. The highest BCUT2D eigenvalue weighted by Crippen LogP contribution is 2.19. The van der Waals surface area contributed by atoms with Gasteiger partial charge in [0.25, 0.3) is 0 Å². The Hall–Kier alpha value is -0.120.